The number of carbonyl (C=O) groups is 2. The van der Waals surface area contributed by atoms with Gasteiger partial charge in [0.15, 0.2) is 5.78 Å². The summed E-state index contributed by atoms with van der Waals surface area (Å²) < 4.78 is 33.3. The van der Waals surface area contributed by atoms with Gasteiger partial charge in [-0.3, -0.25) is 9.52 Å². The Hall–Kier alpha value is -3.13. The van der Waals surface area contributed by atoms with E-state index in [2.05, 4.69) is 4.72 Å². The van der Waals surface area contributed by atoms with Crippen LogP contribution in [0.1, 0.15) is 39.3 Å². The fourth-order valence-electron chi connectivity index (χ4n) is 3.22. The van der Waals surface area contributed by atoms with E-state index in [0.717, 1.165) is 6.42 Å². The summed E-state index contributed by atoms with van der Waals surface area (Å²) in [5.74, 6) is -0.489. The number of hydrogen-bond acceptors (Lipinski definition) is 5. The number of benzene rings is 2. The monoisotopic (exact) mass is 385 g/mol. The van der Waals surface area contributed by atoms with Gasteiger partial charge in [0.25, 0.3) is 10.0 Å². The van der Waals surface area contributed by atoms with Crippen molar-refractivity contribution in [1.29, 1.82) is 0 Å². The number of carboxylic acids is 1. The molecule has 0 aliphatic heterocycles. The Morgan fingerprint density at radius 3 is 2.52 bits per heavy atom. The van der Waals surface area contributed by atoms with E-state index >= 15 is 0 Å². The molecule has 2 aromatic carbocycles. The number of anilines is 1. The van der Waals surface area contributed by atoms with Crippen molar-refractivity contribution in [1.82, 2.24) is 0 Å². The number of sulfonamides is 1. The molecule has 0 bridgehead atoms. The molecule has 3 aromatic rings. The van der Waals surface area contributed by atoms with E-state index in [1.54, 1.807) is 18.2 Å². The smallest absolute Gasteiger partial charge is 0.335 e. The number of nitrogens with one attached hydrogen (secondary N) is 1. The van der Waals surface area contributed by atoms with Gasteiger partial charge in [0.2, 0.25) is 0 Å². The molecule has 8 heteroatoms. The van der Waals surface area contributed by atoms with Crippen LogP contribution in [-0.2, 0) is 16.4 Å². The second-order valence-corrected chi connectivity index (χ2v) is 8.01. The Morgan fingerprint density at radius 2 is 1.81 bits per heavy atom. The summed E-state index contributed by atoms with van der Waals surface area (Å²) in [4.78, 5) is 23.1. The van der Waals surface area contributed by atoms with E-state index in [9.17, 15) is 18.0 Å². The highest BCUT2D eigenvalue weighted by Crippen LogP contribution is 2.33. The summed E-state index contributed by atoms with van der Waals surface area (Å²) >= 11 is 0. The van der Waals surface area contributed by atoms with Gasteiger partial charge in [-0.25, -0.2) is 13.2 Å². The maximum atomic E-state index is 12.6. The average Bonchev–Trinajstić information content (AvgIpc) is 3.00. The highest BCUT2D eigenvalue weighted by molar-refractivity contribution is 7.92. The zero-order valence-corrected chi connectivity index (χ0v) is 14.9. The van der Waals surface area contributed by atoms with Crippen molar-refractivity contribution in [2.45, 2.75) is 24.2 Å². The van der Waals surface area contributed by atoms with Crippen LogP contribution >= 0.6 is 0 Å². The summed E-state index contributed by atoms with van der Waals surface area (Å²) in [6, 6.07) is 9.69. The van der Waals surface area contributed by atoms with Crippen LogP contribution in [0.4, 0.5) is 5.69 Å². The number of aromatic carboxylic acids is 1. The van der Waals surface area contributed by atoms with E-state index < -0.39 is 16.0 Å². The van der Waals surface area contributed by atoms with Gasteiger partial charge in [0.05, 0.1) is 16.0 Å². The molecule has 1 aliphatic carbocycles. The highest BCUT2D eigenvalue weighted by Gasteiger charge is 2.25. The first-order valence-corrected chi connectivity index (χ1v) is 9.78. The van der Waals surface area contributed by atoms with E-state index in [-0.39, 0.29) is 16.2 Å². The largest absolute Gasteiger partial charge is 0.478 e. The molecular formula is C19H15NO6S. The number of Topliss-reactive ketones (excluding diaryl/α,β-unsaturated/α-hetero) is 1. The molecule has 1 heterocycles. The van der Waals surface area contributed by atoms with Gasteiger partial charge in [0.1, 0.15) is 11.3 Å². The molecular weight excluding hydrogens is 370 g/mol. The van der Waals surface area contributed by atoms with Crippen LogP contribution in [0.2, 0.25) is 0 Å². The second-order valence-electron chi connectivity index (χ2n) is 6.32. The SMILES string of the molecule is O=C(O)c1ccc(S(=O)(=O)Nc2ccc3oc4c(c3c2)C(=O)CCC4)cc1. The van der Waals surface area contributed by atoms with Crippen LogP contribution in [-0.4, -0.2) is 25.3 Å². The van der Waals surface area contributed by atoms with E-state index in [1.807, 2.05) is 0 Å². The molecule has 0 radical (unpaired) electrons. The number of aryl methyl sites for hydroxylation is 1. The lowest BCUT2D eigenvalue weighted by atomic mass is 9.94. The standard InChI is InChI=1S/C19H15NO6S/c21-15-2-1-3-17-18(15)14-10-12(6-9-16(14)26-17)20-27(24,25)13-7-4-11(5-8-13)19(22)23/h4-10,20H,1-3H2,(H,22,23). The summed E-state index contributed by atoms with van der Waals surface area (Å²) in [6.45, 7) is 0. The van der Waals surface area contributed by atoms with Crippen LogP contribution in [0.3, 0.4) is 0 Å². The summed E-state index contributed by atoms with van der Waals surface area (Å²) in [7, 11) is -3.90. The zero-order valence-electron chi connectivity index (χ0n) is 14.1. The van der Waals surface area contributed by atoms with Crippen molar-refractivity contribution in [3.63, 3.8) is 0 Å². The predicted octanol–water partition coefficient (Wildman–Crippen LogP) is 3.45. The van der Waals surface area contributed by atoms with E-state index in [0.29, 0.717) is 40.8 Å². The summed E-state index contributed by atoms with van der Waals surface area (Å²) in [6.07, 6.45) is 1.89. The van der Waals surface area contributed by atoms with Gasteiger partial charge in [-0.05, 0) is 48.9 Å². The maximum Gasteiger partial charge on any atom is 0.335 e. The quantitative estimate of drug-likeness (QED) is 0.711. The third-order valence-electron chi connectivity index (χ3n) is 4.51. The predicted molar refractivity (Wildman–Crippen MR) is 97.7 cm³/mol. The normalized spacial score (nSPS) is 14.1. The molecule has 7 nitrogen and oxygen atoms in total. The molecule has 4 rings (SSSR count). The number of furan rings is 1. The van der Waals surface area contributed by atoms with Crippen molar-refractivity contribution in [3.8, 4) is 0 Å². The number of fused-ring (bicyclic) bond motifs is 3. The molecule has 0 amide bonds. The lowest BCUT2D eigenvalue weighted by Gasteiger charge is -2.09. The van der Waals surface area contributed by atoms with Crippen LogP contribution in [0, 0.1) is 0 Å². The van der Waals surface area contributed by atoms with Crippen molar-refractivity contribution in [2.75, 3.05) is 4.72 Å². The third-order valence-corrected chi connectivity index (χ3v) is 5.91. The second kappa shape index (κ2) is 6.24. The van der Waals surface area contributed by atoms with Gasteiger partial charge in [-0.2, -0.15) is 0 Å². The Bertz CT molecular complexity index is 1170. The van der Waals surface area contributed by atoms with Crippen LogP contribution in [0.25, 0.3) is 11.0 Å². The van der Waals surface area contributed by atoms with Gasteiger partial charge in [-0.1, -0.05) is 0 Å². The Kier molecular flexibility index (Phi) is 4.00. The Labute approximate surface area is 154 Å². The van der Waals surface area contributed by atoms with Crippen molar-refractivity contribution in [2.24, 2.45) is 0 Å². The van der Waals surface area contributed by atoms with Gasteiger partial charge < -0.3 is 9.52 Å². The van der Waals surface area contributed by atoms with Crippen LogP contribution in [0.15, 0.2) is 51.8 Å². The lowest BCUT2D eigenvalue weighted by Crippen LogP contribution is -2.13. The van der Waals surface area contributed by atoms with Gasteiger partial charge in [-0.15, -0.1) is 0 Å². The summed E-state index contributed by atoms with van der Waals surface area (Å²) in [5, 5.41) is 9.50. The Morgan fingerprint density at radius 1 is 1.07 bits per heavy atom. The maximum absolute atomic E-state index is 12.6. The Balaban J connectivity index is 1.69. The third kappa shape index (κ3) is 3.08. The molecule has 0 fully saturated rings. The summed E-state index contributed by atoms with van der Waals surface area (Å²) in [5.41, 5.74) is 1.37. The number of ketones is 1. The van der Waals surface area contributed by atoms with Gasteiger partial charge in [0, 0.05) is 23.9 Å². The number of carbonyl (C=O) groups excluding carboxylic acids is 1. The fraction of sp³-hybridized carbons (Fsp3) is 0.158. The molecule has 138 valence electrons. The van der Waals surface area contributed by atoms with E-state index in [1.165, 1.54) is 24.3 Å². The molecule has 0 unspecified atom stereocenters. The zero-order chi connectivity index (χ0) is 19.2. The first kappa shape index (κ1) is 17.3. The van der Waals surface area contributed by atoms with Crippen LogP contribution in [0.5, 0.6) is 0 Å². The topological polar surface area (TPSA) is 114 Å². The van der Waals surface area contributed by atoms with Crippen LogP contribution < -0.4 is 4.72 Å². The molecule has 1 aromatic heterocycles. The van der Waals surface area contributed by atoms with Crippen molar-refractivity contribution in [3.05, 3.63) is 59.4 Å². The first-order chi connectivity index (χ1) is 12.8. The minimum absolute atomic E-state index is 0.000679. The molecule has 0 atom stereocenters. The molecule has 0 saturated carbocycles. The first-order valence-electron chi connectivity index (χ1n) is 8.30. The molecule has 2 N–H and O–H groups in total. The molecule has 27 heavy (non-hydrogen) atoms. The lowest BCUT2D eigenvalue weighted by molar-refractivity contribution is 0.0696. The minimum Gasteiger partial charge on any atom is -0.478 e. The number of rotatable bonds is 4. The van der Waals surface area contributed by atoms with Crippen molar-refractivity contribution >= 4 is 38.4 Å². The number of carboxylic acid groups (broad SMARTS) is 1. The average molecular weight is 385 g/mol. The molecule has 1 aliphatic rings. The minimum atomic E-state index is -3.90. The fourth-order valence-corrected chi connectivity index (χ4v) is 4.27. The van der Waals surface area contributed by atoms with E-state index in [4.69, 9.17) is 9.52 Å². The highest BCUT2D eigenvalue weighted by atomic mass is 32.2. The van der Waals surface area contributed by atoms with Gasteiger partial charge >= 0.3 is 5.97 Å². The number of hydrogen-bond donors (Lipinski definition) is 2. The van der Waals surface area contributed by atoms with Crippen molar-refractivity contribution < 1.29 is 27.5 Å². The molecule has 0 saturated heterocycles. The molecule has 0 spiro atoms.